The average Bonchev–Trinajstić information content (AvgIpc) is 0. The molecule has 0 atom stereocenters. The normalized spacial score (nSPS) is 0. The Morgan fingerprint density at radius 2 is 1.00 bits per heavy atom. The molecular weight excluding hydrogens is 93.1 g/mol. The van der Waals surface area contributed by atoms with Crippen LogP contribution in [0.1, 0.15) is 1.43 Å². The molecule has 0 rings (SSSR count). The third kappa shape index (κ3) is 9.83. The van der Waals surface area contributed by atoms with Crippen molar-refractivity contribution < 1.29 is 67.7 Å². The van der Waals surface area contributed by atoms with Crippen LogP contribution in [0.4, 0.5) is 9.41 Å². The third-order valence-electron chi connectivity index (χ3n) is 0. The molecule has 0 saturated heterocycles. The monoisotopic (exact) mass is 98.0 g/mol. The van der Waals surface area contributed by atoms with E-state index in [1.165, 1.54) is 0 Å². The molecule has 0 amide bonds. The Kier molecular flexibility index (Phi) is 321. The summed E-state index contributed by atoms with van der Waals surface area (Å²) in [5.74, 6) is 0. The van der Waals surface area contributed by atoms with E-state index in [-0.39, 0.29) is 67.7 Å². The molecule has 0 spiro atoms. The minimum atomic E-state index is 0. The second-order valence-electron chi connectivity index (χ2n) is 0. The first kappa shape index (κ1) is 51.1. The van der Waals surface area contributed by atoms with Crippen LogP contribution in [0.25, 0.3) is 0 Å². The van der Waals surface area contributed by atoms with Crippen LogP contribution in [-0.4, -0.2) is 5.48 Å². The van der Waals surface area contributed by atoms with E-state index >= 15 is 0 Å². The van der Waals surface area contributed by atoms with Gasteiger partial charge in [-0.1, -0.05) is 0 Å². The molecule has 0 aliphatic heterocycles. The van der Waals surface area contributed by atoms with Crippen LogP contribution in [0.5, 0.6) is 0 Å². The van der Waals surface area contributed by atoms with E-state index in [1.807, 2.05) is 0 Å². The van der Waals surface area contributed by atoms with Crippen LogP contribution >= 0.6 is 0 Å². The van der Waals surface area contributed by atoms with E-state index < -0.39 is 0 Å². The maximum Gasteiger partial charge on any atom is 1.00 e. The second-order valence-corrected chi connectivity index (χ2v) is 0. The van der Waals surface area contributed by atoms with E-state index in [0.717, 1.165) is 0 Å². The molecule has 0 aliphatic carbocycles. The molecule has 0 saturated carbocycles. The van der Waals surface area contributed by atoms with Gasteiger partial charge in [-0.05, 0) is 0 Å². The smallest absolute Gasteiger partial charge is 1.00 e. The molecule has 4 heteroatoms. The zero-order valence-corrected chi connectivity index (χ0v) is 5.44. The summed E-state index contributed by atoms with van der Waals surface area (Å²) in [6, 6.07) is 0. The van der Waals surface area contributed by atoms with Crippen LogP contribution in [0.2, 0.25) is 0 Å². The minimum Gasteiger partial charge on any atom is -1.00 e. The Morgan fingerprint density at radius 3 is 1.00 bits per heavy atom. The average molecular weight is 98.1 g/mol. The van der Waals surface area contributed by atoms with Crippen molar-refractivity contribution in [2.45, 2.75) is 0 Å². The van der Waals surface area contributed by atoms with Gasteiger partial charge in [0.25, 0.3) is 0 Å². The number of rotatable bonds is 0. The van der Waals surface area contributed by atoms with Crippen molar-refractivity contribution in [3.63, 3.8) is 0 Å². The first-order valence-electron chi connectivity index (χ1n) is 0. The largest absolute Gasteiger partial charge is 1.00 e. The molecule has 0 aromatic rings. The van der Waals surface area contributed by atoms with Gasteiger partial charge >= 0.3 is 51.4 Å². The molecular formula is H5F2KO. The summed E-state index contributed by atoms with van der Waals surface area (Å²) in [5, 5.41) is 0. The van der Waals surface area contributed by atoms with E-state index in [0.29, 0.717) is 0 Å². The van der Waals surface area contributed by atoms with Crippen molar-refractivity contribution in [2.75, 3.05) is 0 Å². The van der Waals surface area contributed by atoms with Gasteiger partial charge in [-0.3, -0.25) is 9.41 Å². The second kappa shape index (κ2) is 25.1. The molecule has 0 aliphatic rings. The zero-order valence-electron chi connectivity index (χ0n) is 3.32. The van der Waals surface area contributed by atoms with Crippen LogP contribution in [-0.2, 0) is 0 Å². The van der Waals surface area contributed by atoms with Crippen molar-refractivity contribution in [1.29, 1.82) is 0 Å². The van der Waals surface area contributed by atoms with Crippen molar-refractivity contribution in [3.05, 3.63) is 0 Å². The Balaban J connectivity index is 0. The molecule has 26 valence electrons. The molecule has 0 bridgehead atoms. The first-order chi connectivity index (χ1) is 0. The summed E-state index contributed by atoms with van der Waals surface area (Å²) in [5.41, 5.74) is 0. The van der Waals surface area contributed by atoms with Gasteiger partial charge in [-0.15, -0.1) is 0 Å². The van der Waals surface area contributed by atoms with Crippen LogP contribution in [0.3, 0.4) is 0 Å². The topological polar surface area (TPSA) is 31.5 Å². The first-order valence-corrected chi connectivity index (χ1v) is 0. The summed E-state index contributed by atoms with van der Waals surface area (Å²) >= 11 is 0. The zero-order chi connectivity index (χ0) is 0. The van der Waals surface area contributed by atoms with Gasteiger partial charge in [0, 0.05) is 0 Å². The fraction of sp³-hybridized carbons (Fsp3) is 0. The molecule has 0 fully saturated rings. The molecule has 1 nitrogen and oxygen atoms in total. The van der Waals surface area contributed by atoms with Gasteiger partial charge in [-0.2, -0.15) is 0 Å². The van der Waals surface area contributed by atoms with Gasteiger partial charge in [0.2, 0.25) is 0 Å². The van der Waals surface area contributed by atoms with E-state index in [9.17, 15) is 0 Å². The van der Waals surface area contributed by atoms with Crippen molar-refractivity contribution in [2.24, 2.45) is 0 Å². The van der Waals surface area contributed by atoms with Gasteiger partial charge in [0.1, 0.15) is 0 Å². The quantitative estimate of drug-likeness (QED) is 0.283. The van der Waals surface area contributed by atoms with Crippen molar-refractivity contribution in [1.82, 2.24) is 0 Å². The molecule has 0 aromatic heterocycles. The fourth-order valence-electron chi connectivity index (χ4n) is 0. The molecule has 0 heterocycles. The minimum absolute atomic E-state index is 0. The van der Waals surface area contributed by atoms with Gasteiger partial charge in [0.15, 0.2) is 0 Å². The Morgan fingerprint density at radius 1 is 1.00 bits per heavy atom. The molecule has 4 heavy (non-hydrogen) atoms. The number of hydrogen-bond donors (Lipinski definition) is 0. The van der Waals surface area contributed by atoms with Gasteiger partial charge < -0.3 is 6.90 Å². The summed E-state index contributed by atoms with van der Waals surface area (Å²) in [7, 11) is 0. The summed E-state index contributed by atoms with van der Waals surface area (Å²) in [6.07, 6.45) is 0. The fourth-order valence-corrected chi connectivity index (χ4v) is 0. The molecule has 0 radical (unpaired) electrons. The molecule has 0 unspecified atom stereocenters. The summed E-state index contributed by atoms with van der Waals surface area (Å²) in [4.78, 5) is 0. The maximum atomic E-state index is 0. The summed E-state index contributed by atoms with van der Waals surface area (Å²) < 4.78 is 0. The van der Waals surface area contributed by atoms with Crippen LogP contribution in [0, 0.1) is 0 Å². The van der Waals surface area contributed by atoms with Gasteiger partial charge in [0.05, 0.1) is 0 Å². The Bertz CT molecular complexity index is 9.61. The standard InChI is InChI=1S/2FH.K.H2O.H/h2*1H;;1H2;/q;;+1;;-1. The summed E-state index contributed by atoms with van der Waals surface area (Å²) in [6.45, 7) is 0. The van der Waals surface area contributed by atoms with E-state index in [2.05, 4.69) is 0 Å². The van der Waals surface area contributed by atoms with E-state index in [1.54, 1.807) is 0 Å². The number of halogens is 2. The van der Waals surface area contributed by atoms with Crippen LogP contribution < -0.4 is 51.4 Å². The SMILES string of the molecule is F.F.O.[H-].[K+]. The Hall–Kier alpha value is 1.46. The molecule has 0 aromatic carbocycles. The predicted molar refractivity (Wildman–Crippen MR) is 9.73 cm³/mol. The van der Waals surface area contributed by atoms with Crippen molar-refractivity contribution in [3.8, 4) is 0 Å². The van der Waals surface area contributed by atoms with Gasteiger partial charge in [-0.25, -0.2) is 0 Å². The maximum absolute atomic E-state index is 0. The number of hydrogen-bond acceptors (Lipinski definition) is 0. The predicted octanol–water partition coefficient (Wildman–Crippen LogP) is -3.40. The van der Waals surface area contributed by atoms with E-state index in [4.69, 9.17) is 0 Å². The van der Waals surface area contributed by atoms with Crippen LogP contribution in [0.15, 0.2) is 0 Å². The Labute approximate surface area is 66.7 Å². The molecule has 2 N–H and O–H groups in total. The van der Waals surface area contributed by atoms with Crippen molar-refractivity contribution >= 4 is 0 Å². The third-order valence-corrected chi connectivity index (χ3v) is 0.